The maximum atomic E-state index is 12.4. The number of carbonyl (C=O) groups excluding carboxylic acids is 1. The third-order valence-corrected chi connectivity index (χ3v) is 4.38. The highest BCUT2D eigenvalue weighted by Gasteiger charge is 2.21. The lowest BCUT2D eigenvalue weighted by Gasteiger charge is -2.35. The zero-order valence-corrected chi connectivity index (χ0v) is 15.5. The number of carbonyl (C=O) groups is 1. The van der Waals surface area contributed by atoms with Crippen molar-refractivity contribution >= 4 is 23.3 Å². The molecule has 0 saturated carbocycles. The minimum Gasteiger partial charge on any atom is -0.495 e. The molecule has 0 spiro atoms. The molecule has 7 heteroatoms. The molecule has 0 radical (unpaired) electrons. The van der Waals surface area contributed by atoms with E-state index < -0.39 is 0 Å². The van der Waals surface area contributed by atoms with Crippen molar-refractivity contribution in [3.63, 3.8) is 0 Å². The van der Waals surface area contributed by atoms with Gasteiger partial charge in [-0.3, -0.25) is 4.90 Å². The van der Waals surface area contributed by atoms with Crippen molar-refractivity contribution in [2.45, 2.75) is 6.42 Å². The molecule has 6 nitrogen and oxygen atoms in total. The first-order valence-electron chi connectivity index (χ1n) is 8.26. The van der Waals surface area contributed by atoms with Gasteiger partial charge in [0.15, 0.2) is 0 Å². The topological polar surface area (TPSA) is 48.1 Å². The van der Waals surface area contributed by atoms with E-state index in [1.54, 1.807) is 25.3 Å². The van der Waals surface area contributed by atoms with Gasteiger partial charge in [-0.1, -0.05) is 11.6 Å². The molecule has 1 heterocycles. The molecule has 2 amide bonds. The molecule has 0 bridgehead atoms. The van der Waals surface area contributed by atoms with E-state index in [9.17, 15) is 4.79 Å². The van der Waals surface area contributed by atoms with Crippen LogP contribution in [-0.2, 0) is 0 Å². The Balaban J connectivity index is 1.82. The normalized spacial score (nSPS) is 15.6. The van der Waals surface area contributed by atoms with Gasteiger partial charge in [0.05, 0.1) is 12.8 Å². The van der Waals surface area contributed by atoms with Gasteiger partial charge in [0.25, 0.3) is 0 Å². The Morgan fingerprint density at radius 2 is 2.00 bits per heavy atom. The number of amides is 2. The number of halogens is 1. The first-order valence-corrected chi connectivity index (χ1v) is 8.64. The van der Waals surface area contributed by atoms with E-state index >= 15 is 0 Å². The quantitative estimate of drug-likeness (QED) is 0.852. The van der Waals surface area contributed by atoms with Gasteiger partial charge in [-0.25, -0.2) is 4.79 Å². The number of ether oxygens (including phenoxy) is 1. The number of benzene rings is 1. The smallest absolute Gasteiger partial charge is 0.322 e. The molecular weight excluding hydrogens is 328 g/mol. The van der Waals surface area contributed by atoms with Crippen molar-refractivity contribution in [3.8, 4) is 5.75 Å². The molecule has 1 aliphatic heterocycles. The van der Waals surface area contributed by atoms with Crippen molar-refractivity contribution < 1.29 is 9.53 Å². The summed E-state index contributed by atoms with van der Waals surface area (Å²) in [5.41, 5.74) is 0.600. The van der Waals surface area contributed by atoms with E-state index in [2.05, 4.69) is 29.2 Å². The molecule has 0 aliphatic carbocycles. The van der Waals surface area contributed by atoms with Gasteiger partial charge >= 0.3 is 6.03 Å². The first-order chi connectivity index (χ1) is 11.5. The number of methoxy groups -OCH3 is 1. The third kappa shape index (κ3) is 5.54. The summed E-state index contributed by atoms with van der Waals surface area (Å²) in [4.78, 5) is 18.9. The molecule has 2 rings (SSSR count). The van der Waals surface area contributed by atoms with Crippen LogP contribution in [-0.4, -0.2) is 81.2 Å². The Hall–Kier alpha value is -1.50. The Labute approximate surface area is 149 Å². The fourth-order valence-corrected chi connectivity index (χ4v) is 2.93. The second-order valence-electron chi connectivity index (χ2n) is 6.26. The first kappa shape index (κ1) is 18.8. The van der Waals surface area contributed by atoms with Crippen molar-refractivity contribution in [3.05, 3.63) is 23.2 Å². The molecule has 0 aromatic heterocycles. The van der Waals surface area contributed by atoms with E-state index in [0.717, 1.165) is 45.7 Å². The fourth-order valence-electron chi connectivity index (χ4n) is 2.76. The average molecular weight is 355 g/mol. The molecular formula is C17H27ClN4O2. The molecule has 1 aromatic carbocycles. The van der Waals surface area contributed by atoms with Crippen molar-refractivity contribution in [2.24, 2.45) is 0 Å². The highest BCUT2D eigenvalue weighted by atomic mass is 35.5. The third-order valence-electron chi connectivity index (χ3n) is 4.14. The van der Waals surface area contributed by atoms with Gasteiger partial charge in [0, 0.05) is 31.2 Å². The van der Waals surface area contributed by atoms with Gasteiger partial charge in [0.2, 0.25) is 0 Å². The Morgan fingerprint density at radius 3 is 2.62 bits per heavy atom. The van der Waals surface area contributed by atoms with Crippen LogP contribution in [0.2, 0.25) is 5.02 Å². The number of rotatable bonds is 6. The predicted octanol–water partition coefficient (Wildman–Crippen LogP) is 2.45. The number of nitrogens with zero attached hydrogens (tertiary/aromatic N) is 3. The number of urea groups is 1. The number of hydrogen-bond donors (Lipinski definition) is 1. The number of piperazine rings is 1. The van der Waals surface area contributed by atoms with Crippen LogP contribution in [0.5, 0.6) is 5.75 Å². The molecule has 0 atom stereocenters. The highest BCUT2D eigenvalue weighted by Crippen LogP contribution is 2.28. The van der Waals surface area contributed by atoms with Crippen LogP contribution >= 0.6 is 11.6 Å². The van der Waals surface area contributed by atoms with Gasteiger partial charge in [-0.2, -0.15) is 0 Å². The summed E-state index contributed by atoms with van der Waals surface area (Å²) in [5.74, 6) is 0.607. The van der Waals surface area contributed by atoms with Gasteiger partial charge in [-0.05, 0) is 51.8 Å². The van der Waals surface area contributed by atoms with Crippen molar-refractivity contribution in [1.29, 1.82) is 0 Å². The standard InChI is InChI=1S/C17H27ClN4O2/c1-20(2)7-4-8-21-9-11-22(12-10-21)17(23)19-15-13-14(18)5-6-16(15)24-3/h5-6,13H,4,7-12H2,1-3H3,(H,19,23). The maximum Gasteiger partial charge on any atom is 0.322 e. The van der Waals surface area contributed by atoms with Crippen LogP contribution in [0.4, 0.5) is 10.5 Å². The molecule has 1 saturated heterocycles. The Bertz CT molecular complexity index is 545. The summed E-state index contributed by atoms with van der Waals surface area (Å²) in [6, 6.07) is 5.09. The minimum absolute atomic E-state index is 0.108. The average Bonchev–Trinajstić information content (AvgIpc) is 2.55. The summed E-state index contributed by atoms with van der Waals surface area (Å²) in [5, 5.41) is 3.46. The van der Waals surface area contributed by atoms with Crippen LogP contribution in [0.15, 0.2) is 18.2 Å². The van der Waals surface area contributed by atoms with Crippen LogP contribution in [0.25, 0.3) is 0 Å². The Morgan fingerprint density at radius 1 is 1.29 bits per heavy atom. The van der Waals surface area contributed by atoms with E-state index in [0.29, 0.717) is 16.5 Å². The van der Waals surface area contributed by atoms with E-state index in [1.165, 1.54) is 0 Å². The number of nitrogens with one attached hydrogen (secondary N) is 1. The van der Waals surface area contributed by atoms with Crippen LogP contribution in [0, 0.1) is 0 Å². The largest absolute Gasteiger partial charge is 0.495 e. The van der Waals surface area contributed by atoms with Gasteiger partial charge < -0.3 is 19.9 Å². The molecule has 1 aliphatic rings. The maximum absolute atomic E-state index is 12.4. The number of anilines is 1. The number of hydrogen-bond acceptors (Lipinski definition) is 4. The Kier molecular flexibility index (Phi) is 7.15. The lowest BCUT2D eigenvalue weighted by molar-refractivity contribution is 0.144. The van der Waals surface area contributed by atoms with Crippen molar-refractivity contribution in [1.82, 2.24) is 14.7 Å². The lowest BCUT2D eigenvalue weighted by Crippen LogP contribution is -2.50. The SMILES string of the molecule is COc1ccc(Cl)cc1NC(=O)N1CCN(CCCN(C)C)CC1. The molecule has 1 aromatic rings. The zero-order chi connectivity index (χ0) is 17.5. The molecule has 1 fully saturated rings. The monoisotopic (exact) mass is 354 g/mol. The van der Waals surface area contributed by atoms with E-state index in [1.807, 2.05) is 4.90 Å². The van der Waals surface area contributed by atoms with E-state index in [-0.39, 0.29) is 6.03 Å². The zero-order valence-electron chi connectivity index (χ0n) is 14.7. The summed E-state index contributed by atoms with van der Waals surface area (Å²) >= 11 is 6.00. The van der Waals surface area contributed by atoms with E-state index in [4.69, 9.17) is 16.3 Å². The summed E-state index contributed by atoms with van der Waals surface area (Å²) in [6.07, 6.45) is 1.15. The van der Waals surface area contributed by atoms with Crippen molar-refractivity contribution in [2.75, 3.05) is 65.8 Å². The molecule has 24 heavy (non-hydrogen) atoms. The second kappa shape index (κ2) is 9.11. The summed E-state index contributed by atoms with van der Waals surface area (Å²) in [7, 11) is 5.75. The highest BCUT2D eigenvalue weighted by molar-refractivity contribution is 6.31. The summed E-state index contributed by atoms with van der Waals surface area (Å²) in [6.45, 7) is 5.46. The van der Waals surface area contributed by atoms with Crippen LogP contribution in [0.3, 0.4) is 0 Å². The predicted molar refractivity (Wildman–Crippen MR) is 98.2 cm³/mol. The molecule has 0 unspecified atom stereocenters. The van der Waals surface area contributed by atoms with Crippen LogP contribution in [0.1, 0.15) is 6.42 Å². The molecule has 134 valence electrons. The minimum atomic E-state index is -0.108. The van der Waals surface area contributed by atoms with Gasteiger partial charge in [-0.15, -0.1) is 0 Å². The second-order valence-corrected chi connectivity index (χ2v) is 6.70. The summed E-state index contributed by atoms with van der Waals surface area (Å²) < 4.78 is 5.27. The molecule has 1 N–H and O–H groups in total. The van der Waals surface area contributed by atoms with Gasteiger partial charge in [0.1, 0.15) is 5.75 Å². The lowest BCUT2D eigenvalue weighted by atomic mass is 10.2. The van der Waals surface area contributed by atoms with Crippen LogP contribution < -0.4 is 10.1 Å². The fraction of sp³-hybridized carbons (Fsp3) is 0.588.